The van der Waals surface area contributed by atoms with Gasteiger partial charge in [0.1, 0.15) is 5.82 Å². The monoisotopic (exact) mass is 334 g/mol. The average molecular weight is 334 g/mol. The number of carbonyl (C=O) groups excluding carboxylic acids is 1. The SMILES string of the molecule is Cc1cc(NC(=O)CN2CCN(c3nccs3)C(C)C2)n(C)n1. The molecular weight excluding hydrogens is 312 g/mol. The zero-order chi connectivity index (χ0) is 16.4. The van der Waals surface area contributed by atoms with Crippen molar-refractivity contribution in [3.05, 3.63) is 23.3 Å². The first-order valence-electron chi connectivity index (χ1n) is 7.72. The van der Waals surface area contributed by atoms with Gasteiger partial charge < -0.3 is 10.2 Å². The molecule has 1 N–H and O–H groups in total. The topological polar surface area (TPSA) is 66.3 Å². The second kappa shape index (κ2) is 6.67. The summed E-state index contributed by atoms with van der Waals surface area (Å²) in [5.74, 6) is 0.741. The Morgan fingerprint density at radius 1 is 1.48 bits per heavy atom. The summed E-state index contributed by atoms with van der Waals surface area (Å²) in [6.45, 7) is 7.11. The number of anilines is 2. The number of thiazole rings is 1. The number of carbonyl (C=O) groups is 1. The number of aryl methyl sites for hydroxylation is 2. The van der Waals surface area contributed by atoms with Gasteiger partial charge in [0, 0.05) is 50.4 Å². The molecule has 1 amide bonds. The summed E-state index contributed by atoms with van der Waals surface area (Å²) < 4.78 is 1.69. The summed E-state index contributed by atoms with van der Waals surface area (Å²) in [6.07, 6.45) is 1.84. The van der Waals surface area contributed by atoms with Crippen LogP contribution in [0, 0.1) is 6.92 Å². The molecule has 8 heteroatoms. The maximum Gasteiger partial charge on any atom is 0.239 e. The minimum Gasteiger partial charge on any atom is -0.343 e. The standard InChI is InChI=1S/C15H22N6OS/c1-11-8-13(19(3)18-11)17-14(22)10-20-5-6-21(12(2)9-20)15-16-4-7-23-15/h4,7-8,12H,5-6,9-10H2,1-3H3,(H,17,22). The lowest BCUT2D eigenvalue weighted by molar-refractivity contribution is -0.117. The van der Waals surface area contributed by atoms with Crippen molar-refractivity contribution in [3.8, 4) is 0 Å². The minimum atomic E-state index is 0.00268. The first-order chi connectivity index (χ1) is 11.0. The van der Waals surface area contributed by atoms with Crippen LogP contribution in [0.25, 0.3) is 0 Å². The molecule has 1 atom stereocenters. The average Bonchev–Trinajstić information content (AvgIpc) is 3.09. The molecule has 7 nitrogen and oxygen atoms in total. The normalized spacial score (nSPS) is 19.1. The van der Waals surface area contributed by atoms with Crippen LogP contribution < -0.4 is 10.2 Å². The molecule has 0 aromatic carbocycles. The largest absolute Gasteiger partial charge is 0.343 e. The first kappa shape index (κ1) is 15.9. The van der Waals surface area contributed by atoms with Crippen molar-refractivity contribution in [1.29, 1.82) is 0 Å². The predicted octanol–water partition coefficient (Wildman–Crippen LogP) is 1.33. The number of nitrogens with one attached hydrogen (secondary N) is 1. The van der Waals surface area contributed by atoms with Gasteiger partial charge in [-0.1, -0.05) is 0 Å². The second-order valence-corrected chi connectivity index (χ2v) is 6.81. The maximum absolute atomic E-state index is 12.2. The van der Waals surface area contributed by atoms with Gasteiger partial charge in [-0.3, -0.25) is 14.4 Å². The third-order valence-electron chi connectivity index (χ3n) is 4.01. The van der Waals surface area contributed by atoms with E-state index in [2.05, 4.69) is 32.1 Å². The summed E-state index contributed by atoms with van der Waals surface area (Å²) in [5, 5.41) is 10.2. The molecule has 2 aromatic heterocycles. The Morgan fingerprint density at radius 2 is 2.30 bits per heavy atom. The van der Waals surface area contributed by atoms with E-state index in [-0.39, 0.29) is 5.91 Å². The molecule has 0 bridgehead atoms. The van der Waals surface area contributed by atoms with Gasteiger partial charge in [-0.2, -0.15) is 5.10 Å². The molecule has 2 aromatic rings. The third kappa shape index (κ3) is 3.70. The smallest absolute Gasteiger partial charge is 0.239 e. The summed E-state index contributed by atoms with van der Waals surface area (Å²) in [5.41, 5.74) is 0.897. The number of hydrogen-bond acceptors (Lipinski definition) is 6. The van der Waals surface area contributed by atoms with Crippen molar-refractivity contribution in [2.75, 3.05) is 36.4 Å². The van der Waals surface area contributed by atoms with E-state index in [1.807, 2.05) is 31.6 Å². The Hall–Kier alpha value is -1.93. The van der Waals surface area contributed by atoms with Gasteiger partial charge in [0.15, 0.2) is 5.13 Å². The van der Waals surface area contributed by atoms with Crippen molar-refractivity contribution >= 4 is 28.2 Å². The molecule has 23 heavy (non-hydrogen) atoms. The van der Waals surface area contributed by atoms with Gasteiger partial charge in [-0.15, -0.1) is 11.3 Å². The van der Waals surface area contributed by atoms with Crippen LogP contribution in [0.15, 0.2) is 17.6 Å². The summed E-state index contributed by atoms with van der Waals surface area (Å²) in [6, 6.07) is 2.22. The first-order valence-corrected chi connectivity index (χ1v) is 8.60. The van der Waals surface area contributed by atoms with E-state index in [9.17, 15) is 4.79 Å². The zero-order valence-electron chi connectivity index (χ0n) is 13.7. The Morgan fingerprint density at radius 3 is 2.91 bits per heavy atom. The molecule has 1 unspecified atom stereocenters. The van der Waals surface area contributed by atoms with E-state index < -0.39 is 0 Å². The highest BCUT2D eigenvalue weighted by Gasteiger charge is 2.26. The van der Waals surface area contributed by atoms with Gasteiger partial charge in [-0.05, 0) is 13.8 Å². The molecule has 1 aliphatic heterocycles. The molecule has 1 saturated heterocycles. The van der Waals surface area contributed by atoms with E-state index in [1.54, 1.807) is 16.0 Å². The van der Waals surface area contributed by atoms with Crippen molar-refractivity contribution in [1.82, 2.24) is 19.7 Å². The van der Waals surface area contributed by atoms with E-state index in [0.29, 0.717) is 12.6 Å². The van der Waals surface area contributed by atoms with Crippen LogP contribution >= 0.6 is 11.3 Å². The molecule has 0 radical (unpaired) electrons. The quantitative estimate of drug-likeness (QED) is 0.914. The Labute approximate surface area is 139 Å². The van der Waals surface area contributed by atoms with Crippen molar-refractivity contribution < 1.29 is 4.79 Å². The fourth-order valence-electron chi connectivity index (χ4n) is 2.93. The van der Waals surface area contributed by atoms with Crippen molar-refractivity contribution in [2.45, 2.75) is 19.9 Å². The molecule has 3 heterocycles. The predicted molar refractivity (Wildman–Crippen MR) is 91.9 cm³/mol. The number of amides is 1. The van der Waals surface area contributed by atoms with Crippen LogP contribution in [0.5, 0.6) is 0 Å². The van der Waals surface area contributed by atoms with E-state index in [4.69, 9.17) is 0 Å². The molecular formula is C15H22N6OS. The molecule has 124 valence electrons. The zero-order valence-corrected chi connectivity index (χ0v) is 14.5. The maximum atomic E-state index is 12.2. The summed E-state index contributed by atoms with van der Waals surface area (Å²) in [4.78, 5) is 21.1. The third-order valence-corrected chi connectivity index (χ3v) is 4.82. The van der Waals surface area contributed by atoms with E-state index in [0.717, 1.165) is 36.3 Å². The Kier molecular flexibility index (Phi) is 4.63. The highest BCUT2D eigenvalue weighted by atomic mass is 32.1. The lowest BCUT2D eigenvalue weighted by Gasteiger charge is -2.39. The van der Waals surface area contributed by atoms with Crippen LogP contribution in [-0.2, 0) is 11.8 Å². The van der Waals surface area contributed by atoms with Gasteiger partial charge in [0.05, 0.1) is 12.2 Å². The van der Waals surface area contributed by atoms with Gasteiger partial charge in [0.25, 0.3) is 0 Å². The molecule has 3 rings (SSSR count). The fourth-order valence-corrected chi connectivity index (χ4v) is 3.70. The van der Waals surface area contributed by atoms with Crippen LogP contribution in [0.2, 0.25) is 0 Å². The van der Waals surface area contributed by atoms with Crippen LogP contribution in [0.1, 0.15) is 12.6 Å². The molecule has 1 aliphatic rings. The van der Waals surface area contributed by atoms with Crippen LogP contribution in [0.3, 0.4) is 0 Å². The Bertz CT molecular complexity index is 668. The molecule has 1 fully saturated rings. The summed E-state index contributed by atoms with van der Waals surface area (Å²) in [7, 11) is 1.83. The van der Waals surface area contributed by atoms with Crippen LogP contribution in [0.4, 0.5) is 10.9 Å². The van der Waals surface area contributed by atoms with Gasteiger partial charge in [-0.25, -0.2) is 4.98 Å². The molecule has 0 saturated carbocycles. The molecule has 0 aliphatic carbocycles. The lowest BCUT2D eigenvalue weighted by Crippen LogP contribution is -2.53. The number of hydrogen-bond donors (Lipinski definition) is 1. The number of aromatic nitrogens is 3. The van der Waals surface area contributed by atoms with Gasteiger partial charge in [0.2, 0.25) is 5.91 Å². The highest BCUT2D eigenvalue weighted by Crippen LogP contribution is 2.22. The van der Waals surface area contributed by atoms with Crippen molar-refractivity contribution in [2.24, 2.45) is 7.05 Å². The summed E-state index contributed by atoms with van der Waals surface area (Å²) >= 11 is 1.66. The number of piperazine rings is 1. The highest BCUT2D eigenvalue weighted by molar-refractivity contribution is 7.13. The Balaban J connectivity index is 1.53. The molecule has 0 spiro atoms. The second-order valence-electron chi connectivity index (χ2n) is 5.93. The number of nitrogens with zero attached hydrogens (tertiary/aromatic N) is 5. The van der Waals surface area contributed by atoms with Crippen molar-refractivity contribution in [3.63, 3.8) is 0 Å². The minimum absolute atomic E-state index is 0.00268. The van der Waals surface area contributed by atoms with Crippen LogP contribution in [-0.4, -0.2) is 57.8 Å². The fraction of sp³-hybridized carbons (Fsp3) is 0.533. The van der Waals surface area contributed by atoms with E-state index >= 15 is 0 Å². The lowest BCUT2D eigenvalue weighted by atomic mass is 10.2. The van der Waals surface area contributed by atoms with E-state index in [1.165, 1.54) is 0 Å². The van der Waals surface area contributed by atoms with Gasteiger partial charge >= 0.3 is 0 Å². The number of rotatable bonds is 4.